The predicted octanol–water partition coefficient (Wildman–Crippen LogP) is 0.278. The molecule has 0 amide bonds. The molecule has 0 heterocycles. The first-order valence-electron chi connectivity index (χ1n) is 9.36. The highest BCUT2D eigenvalue weighted by atomic mass is 16.6. The molecule has 0 aliphatic carbocycles. The molecule has 0 spiro atoms. The van der Waals surface area contributed by atoms with Crippen molar-refractivity contribution in [3.05, 3.63) is 41.5 Å². The average Bonchev–Trinajstić information content (AvgIpc) is 2.80. The minimum atomic E-state index is -1.42. The molecule has 4 atom stereocenters. The fraction of sp³-hybridized carbons (Fsp3) is 0.429. The van der Waals surface area contributed by atoms with E-state index in [1.807, 2.05) is 0 Å². The monoisotopic (exact) mass is 440 g/mol. The Morgan fingerprint density at radius 2 is 1.29 bits per heavy atom. The van der Waals surface area contributed by atoms with Crippen LogP contribution in [0.5, 0.6) is 28.7 Å². The summed E-state index contributed by atoms with van der Waals surface area (Å²) in [5.74, 6) is 0.287. The summed E-state index contributed by atoms with van der Waals surface area (Å²) in [5.41, 5.74) is 0.525. The molecule has 10 nitrogen and oxygen atoms in total. The van der Waals surface area contributed by atoms with Crippen LogP contribution < -0.4 is 18.9 Å². The van der Waals surface area contributed by atoms with Crippen molar-refractivity contribution in [2.45, 2.75) is 24.4 Å². The Morgan fingerprint density at radius 3 is 1.77 bits per heavy atom. The minimum absolute atomic E-state index is 0.0447. The molecule has 2 aromatic rings. The average molecular weight is 440 g/mol. The molecule has 10 heteroatoms. The molecule has 6 N–H and O–H groups in total. The first-order chi connectivity index (χ1) is 14.8. The van der Waals surface area contributed by atoms with Gasteiger partial charge in [-0.25, -0.2) is 0 Å². The summed E-state index contributed by atoms with van der Waals surface area (Å²) < 4.78 is 21.4. The van der Waals surface area contributed by atoms with E-state index in [4.69, 9.17) is 24.1 Å². The molecule has 0 aliphatic heterocycles. The molecule has 0 saturated heterocycles. The maximum atomic E-state index is 10.7. The highest BCUT2D eigenvalue weighted by molar-refractivity contribution is 5.54. The number of benzene rings is 2. The Kier molecular flexibility index (Phi) is 8.72. The number of phenols is 1. The Bertz CT molecular complexity index is 831. The zero-order valence-corrected chi connectivity index (χ0v) is 17.4. The highest BCUT2D eigenvalue weighted by Crippen LogP contribution is 2.42. The Hall–Kier alpha value is -2.76. The number of rotatable bonds is 11. The normalized spacial score (nSPS) is 15.0. The van der Waals surface area contributed by atoms with E-state index in [9.17, 15) is 25.5 Å². The Morgan fingerprint density at radius 1 is 0.742 bits per heavy atom. The Balaban J connectivity index is 2.40. The number of phenolic OH excluding ortho intramolecular Hbond substituents is 1. The topological polar surface area (TPSA) is 158 Å². The molecule has 0 bridgehead atoms. The second-order valence-corrected chi connectivity index (χ2v) is 6.66. The first-order valence-corrected chi connectivity index (χ1v) is 9.36. The van der Waals surface area contributed by atoms with Gasteiger partial charge in [-0.05, 0) is 35.4 Å². The van der Waals surface area contributed by atoms with E-state index >= 15 is 0 Å². The predicted molar refractivity (Wildman–Crippen MR) is 109 cm³/mol. The lowest BCUT2D eigenvalue weighted by molar-refractivity contribution is -0.0158. The van der Waals surface area contributed by atoms with Crippen LogP contribution in [0.15, 0.2) is 30.3 Å². The van der Waals surface area contributed by atoms with E-state index < -0.39 is 37.6 Å². The summed E-state index contributed by atoms with van der Waals surface area (Å²) in [6.07, 6.45) is -5.30. The standard InChI is InChI=1S/C21H28O10/c1-28-15-6-11(4-5-13(15)24)20(27)18(10-23)31-21-16(29-2)7-12(8-17(21)30-3)19(26)14(25)9-22/h4-8,14,18-20,22-27H,9-10H2,1-3H3/t14-,18-,19+,20+/m0/s1. The van der Waals surface area contributed by atoms with E-state index in [1.165, 1.54) is 51.7 Å². The summed E-state index contributed by atoms with van der Waals surface area (Å²) >= 11 is 0. The van der Waals surface area contributed by atoms with Gasteiger partial charge in [-0.15, -0.1) is 0 Å². The molecule has 172 valence electrons. The summed E-state index contributed by atoms with van der Waals surface area (Å²) in [7, 11) is 4.05. The lowest BCUT2D eigenvalue weighted by atomic mass is 10.0. The van der Waals surface area contributed by atoms with Gasteiger partial charge in [0.15, 0.2) is 29.1 Å². The number of aliphatic hydroxyl groups excluding tert-OH is 5. The molecule has 0 aliphatic rings. The number of hydrogen-bond donors (Lipinski definition) is 6. The van der Waals surface area contributed by atoms with E-state index in [-0.39, 0.29) is 34.3 Å². The van der Waals surface area contributed by atoms with Gasteiger partial charge >= 0.3 is 0 Å². The molecule has 0 radical (unpaired) electrons. The van der Waals surface area contributed by atoms with Crippen LogP contribution in [0.2, 0.25) is 0 Å². The van der Waals surface area contributed by atoms with Crippen LogP contribution in [-0.4, -0.2) is 77.4 Å². The van der Waals surface area contributed by atoms with Crippen LogP contribution >= 0.6 is 0 Å². The van der Waals surface area contributed by atoms with Crippen molar-refractivity contribution in [2.24, 2.45) is 0 Å². The molecular formula is C21H28O10. The van der Waals surface area contributed by atoms with Gasteiger partial charge < -0.3 is 49.6 Å². The first kappa shape index (κ1) is 24.5. The molecule has 31 heavy (non-hydrogen) atoms. The third kappa shape index (κ3) is 5.49. The van der Waals surface area contributed by atoms with E-state index in [0.29, 0.717) is 5.56 Å². The van der Waals surface area contributed by atoms with Gasteiger partial charge in [0.1, 0.15) is 18.3 Å². The van der Waals surface area contributed by atoms with Crippen molar-refractivity contribution in [1.82, 2.24) is 0 Å². The zero-order chi connectivity index (χ0) is 23.1. The third-order valence-electron chi connectivity index (χ3n) is 4.72. The minimum Gasteiger partial charge on any atom is -0.504 e. The van der Waals surface area contributed by atoms with Gasteiger partial charge in [-0.3, -0.25) is 0 Å². The van der Waals surface area contributed by atoms with Crippen LogP contribution in [0.3, 0.4) is 0 Å². The lowest BCUT2D eigenvalue weighted by Crippen LogP contribution is -2.29. The number of methoxy groups -OCH3 is 3. The molecule has 0 aromatic heterocycles. The smallest absolute Gasteiger partial charge is 0.204 e. The fourth-order valence-corrected chi connectivity index (χ4v) is 2.95. The van der Waals surface area contributed by atoms with Crippen molar-refractivity contribution in [3.63, 3.8) is 0 Å². The van der Waals surface area contributed by atoms with Crippen molar-refractivity contribution < 1.29 is 49.6 Å². The number of aromatic hydroxyl groups is 1. The molecule has 2 rings (SSSR count). The quantitative estimate of drug-likeness (QED) is 0.287. The van der Waals surface area contributed by atoms with Gasteiger partial charge in [0, 0.05) is 0 Å². The summed E-state index contributed by atoms with van der Waals surface area (Å²) in [6.45, 7) is -1.23. The summed E-state index contributed by atoms with van der Waals surface area (Å²) in [6, 6.07) is 6.97. The van der Waals surface area contributed by atoms with Crippen LogP contribution in [0.25, 0.3) is 0 Å². The van der Waals surface area contributed by atoms with Crippen LogP contribution in [0, 0.1) is 0 Å². The molecular weight excluding hydrogens is 412 g/mol. The van der Waals surface area contributed by atoms with Crippen LogP contribution in [0.1, 0.15) is 23.3 Å². The summed E-state index contributed by atoms with van der Waals surface area (Å²) in [4.78, 5) is 0. The van der Waals surface area contributed by atoms with Crippen molar-refractivity contribution in [1.29, 1.82) is 0 Å². The fourth-order valence-electron chi connectivity index (χ4n) is 2.95. The highest BCUT2D eigenvalue weighted by Gasteiger charge is 2.28. The van der Waals surface area contributed by atoms with Gasteiger partial charge in [-0.1, -0.05) is 6.07 Å². The van der Waals surface area contributed by atoms with Gasteiger partial charge in [-0.2, -0.15) is 0 Å². The third-order valence-corrected chi connectivity index (χ3v) is 4.72. The number of ether oxygens (including phenoxy) is 4. The molecule has 0 fully saturated rings. The van der Waals surface area contributed by atoms with Gasteiger partial charge in [0.05, 0.1) is 34.5 Å². The Labute approximate surface area is 179 Å². The molecule has 0 saturated carbocycles. The summed E-state index contributed by atoms with van der Waals surface area (Å²) in [5, 5.41) is 59.3. The van der Waals surface area contributed by atoms with E-state index in [2.05, 4.69) is 0 Å². The second kappa shape index (κ2) is 11.0. The second-order valence-electron chi connectivity index (χ2n) is 6.66. The maximum Gasteiger partial charge on any atom is 0.204 e. The molecule has 2 aromatic carbocycles. The maximum absolute atomic E-state index is 10.7. The van der Waals surface area contributed by atoms with Crippen molar-refractivity contribution in [3.8, 4) is 28.7 Å². The SMILES string of the molecule is COc1cc([C@@H](O)[C@H](CO)Oc2c(OC)cc([C@@H](O)[C@@H](O)CO)cc2OC)ccc1O. The number of hydrogen-bond acceptors (Lipinski definition) is 10. The van der Waals surface area contributed by atoms with Crippen LogP contribution in [-0.2, 0) is 0 Å². The van der Waals surface area contributed by atoms with E-state index in [1.54, 1.807) is 0 Å². The van der Waals surface area contributed by atoms with Gasteiger partial charge in [0.25, 0.3) is 0 Å². The van der Waals surface area contributed by atoms with E-state index in [0.717, 1.165) is 0 Å². The zero-order valence-electron chi connectivity index (χ0n) is 17.4. The van der Waals surface area contributed by atoms with Gasteiger partial charge in [0.2, 0.25) is 5.75 Å². The molecule has 0 unspecified atom stereocenters. The van der Waals surface area contributed by atoms with Crippen molar-refractivity contribution >= 4 is 0 Å². The lowest BCUT2D eigenvalue weighted by Gasteiger charge is -2.26. The van der Waals surface area contributed by atoms with Crippen LogP contribution in [0.4, 0.5) is 0 Å². The largest absolute Gasteiger partial charge is 0.504 e. The van der Waals surface area contributed by atoms with Crippen molar-refractivity contribution in [2.75, 3.05) is 34.5 Å². The number of aliphatic hydroxyl groups is 5.